The van der Waals surface area contributed by atoms with E-state index in [0.717, 1.165) is 31.7 Å². The van der Waals surface area contributed by atoms with Crippen molar-refractivity contribution in [2.24, 2.45) is 5.73 Å². The van der Waals surface area contributed by atoms with Crippen LogP contribution in [0.3, 0.4) is 0 Å². The summed E-state index contributed by atoms with van der Waals surface area (Å²) in [4.78, 5) is 13.8. The number of hydrogen-bond donors (Lipinski definition) is 1. The second kappa shape index (κ2) is 6.18. The van der Waals surface area contributed by atoms with Gasteiger partial charge in [0.1, 0.15) is 0 Å². The van der Waals surface area contributed by atoms with Gasteiger partial charge in [-0.1, -0.05) is 11.6 Å². The molecule has 0 aliphatic carbocycles. The number of amides is 1. The van der Waals surface area contributed by atoms with Gasteiger partial charge in [0.2, 0.25) is 5.91 Å². The maximum Gasteiger partial charge on any atom is 0.239 e. The van der Waals surface area contributed by atoms with Crippen LogP contribution in [-0.4, -0.2) is 41.9 Å². The quantitative estimate of drug-likeness (QED) is 0.737. The molecule has 0 saturated heterocycles. The molecule has 0 unspecified atom stereocenters. The van der Waals surface area contributed by atoms with Gasteiger partial charge in [-0.05, 0) is 31.8 Å². The molecule has 0 radical (unpaired) electrons. The summed E-state index contributed by atoms with van der Waals surface area (Å²) < 4.78 is 0. The lowest BCUT2D eigenvalue weighted by molar-refractivity contribution is -0.132. The molecular formula is C11H20N2OS. The molecule has 1 heterocycles. The number of thioether (sulfide) groups is 1. The highest BCUT2D eigenvalue weighted by Gasteiger charge is 2.21. The van der Waals surface area contributed by atoms with Crippen molar-refractivity contribution in [3.63, 3.8) is 0 Å². The van der Waals surface area contributed by atoms with Crippen LogP contribution in [-0.2, 0) is 4.79 Å². The van der Waals surface area contributed by atoms with Crippen LogP contribution in [0.15, 0.2) is 11.6 Å². The van der Waals surface area contributed by atoms with Gasteiger partial charge in [0, 0.05) is 13.1 Å². The van der Waals surface area contributed by atoms with Crippen molar-refractivity contribution in [1.82, 2.24) is 4.90 Å². The van der Waals surface area contributed by atoms with Crippen LogP contribution >= 0.6 is 11.8 Å². The Hall–Kier alpha value is -0.480. The SMILES string of the molecule is CSCC[C@H](N)C(=O)N1CCC=C(C)C1. The Morgan fingerprint density at radius 1 is 1.73 bits per heavy atom. The molecule has 0 aromatic rings. The van der Waals surface area contributed by atoms with E-state index in [-0.39, 0.29) is 11.9 Å². The highest BCUT2D eigenvalue weighted by Crippen LogP contribution is 2.11. The number of hydrogen-bond acceptors (Lipinski definition) is 3. The average molecular weight is 228 g/mol. The summed E-state index contributed by atoms with van der Waals surface area (Å²) in [6.07, 6.45) is 5.97. The fourth-order valence-electron chi connectivity index (χ4n) is 1.70. The number of carbonyl (C=O) groups excluding carboxylic acids is 1. The van der Waals surface area contributed by atoms with E-state index >= 15 is 0 Å². The maximum absolute atomic E-state index is 11.9. The average Bonchev–Trinajstić information content (AvgIpc) is 2.24. The number of rotatable bonds is 4. The van der Waals surface area contributed by atoms with E-state index in [1.165, 1.54) is 5.57 Å². The molecule has 3 nitrogen and oxygen atoms in total. The minimum atomic E-state index is -0.316. The second-order valence-electron chi connectivity index (χ2n) is 3.99. The standard InChI is InChI=1S/C11H20N2OS/c1-9-4-3-6-13(8-9)11(14)10(12)5-7-15-2/h4,10H,3,5-8,12H2,1-2H3/t10-/m0/s1. The first-order valence-electron chi connectivity index (χ1n) is 5.34. The van der Waals surface area contributed by atoms with E-state index in [0.29, 0.717) is 0 Å². The molecule has 0 fully saturated rings. The third-order valence-corrected chi connectivity index (χ3v) is 3.24. The molecule has 15 heavy (non-hydrogen) atoms. The molecular weight excluding hydrogens is 208 g/mol. The molecule has 0 saturated carbocycles. The normalized spacial score (nSPS) is 18.6. The number of nitrogens with two attached hydrogens (primary N) is 1. The van der Waals surface area contributed by atoms with Gasteiger partial charge in [-0.3, -0.25) is 4.79 Å². The molecule has 0 spiro atoms. The van der Waals surface area contributed by atoms with Gasteiger partial charge < -0.3 is 10.6 Å². The van der Waals surface area contributed by atoms with Gasteiger partial charge in [0.05, 0.1) is 6.04 Å². The molecule has 86 valence electrons. The van der Waals surface area contributed by atoms with E-state index in [1.54, 1.807) is 11.8 Å². The first-order valence-corrected chi connectivity index (χ1v) is 6.73. The van der Waals surface area contributed by atoms with Crippen molar-refractivity contribution in [3.05, 3.63) is 11.6 Å². The maximum atomic E-state index is 11.9. The molecule has 1 amide bonds. The first-order chi connectivity index (χ1) is 7.15. The van der Waals surface area contributed by atoms with Gasteiger partial charge in [-0.15, -0.1) is 0 Å². The number of carbonyl (C=O) groups is 1. The third kappa shape index (κ3) is 3.87. The minimum absolute atomic E-state index is 0.108. The molecule has 2 N–H and O–H groups in total. The van der Waals surface area contributed by atoms with Crippen LogP contribution in [0.1, 0.15) is 19.8 Å². The monoisotopic (exact) mass is 228 g/mol. The van der Waals surface area contributed by atoms with Crippen molar-refractivity contribution in [2.75, 3.05) is 25.1 Å². The Morgan fingerprint density at radius 3 is 3.07 bits per heavy atom. The Labute approximate surface area is 96.1 Å². The molecule has 0 bridgehead atoms. The largest absolute Gasteiger partial charge is 0.337 e. The topological polar surface area (TPSA) is 46.3 Å². The summed E-state index contributed by atoms with van der Waals surface area (Å²) in [5, 5.41) is 0. The van der Waals surface area contributed by atoms with Crippen molar-refractivity contribution >= 4 is 17.7 Å². The van der Waals surface area contributed by atoms with E-state index in [1.807, 2.05) is 11.2 Å². The molecule has 1 aliphatic heterocycles. The zero-order valence-electron chi connectivity index (χ0n) is 9.53. The minimum Gasteiger partial charge on any atom is -0.337 e. The van der Waals surface area contributed by atoms with Crippen molar-refractivity contribution < 1.29 is 4.79 Å². The van der Waals surface area contributed by atoms with Crippen molar-refractivity contribution in [3.8, 4) is 0 Å². The molecule has 1 atom stereocenters. The van der Waals surface area contributed by atoms with Gasteiger partial charge in [0.25, 0.3) is 0 Å². The summed E-state index contributed by atoms with van der Waals surface area (Å²) in [6, 6.07) is -0.316. The molecule has 4 heteroatoms. The number of nitrogens with zero attached hydrogens (tertiary/aromatic N) is 1. The van der Waals surface area contributed by atoms with E-state index in [4.69, 9.17) is 5.73 Å². The van der Waals surface area contributed by atoms with Crippen LogP contribution in [0.25, 0.3) is 0 Å². The summed E-state index contributed by atoms with van der Waals surface area (Å²) in [5.74, 6) is 1.06. The molecule has 1 aliphatic rings. The van der Waals surface area contributed by atoms with Crippen LogP contribution < -0.4 is 5.73 Å². The lowest BCUT2D eigenvalue weighted by atomic mass is 10.1. The smallest absolute Gasteiger partial charge is 0.239 e. The van der Waals surface area contributed by atoms with Crippen LogP contribution in [0.5, 0.6) is 0 Å². The lowest BCUT2D eigenvalue weighted by Crippen LogP contribution is -2.46. The van der Waals surface area contributed by atoms with E-state index in [9.17, 15) is 4.79 Å². The van der Waals surface area contributed by atoms with Crippen molar-refractivity contribution in [1.29, 1.82) is 0 Å². The molecule has 0 aromatic carbocycles. The highest BCUT2D eigenvalue weighted by atomic mass is 32.2. The first kappa shape index (κ1) is 12.6. The van der Waals surface area contributed by atoms with Gasteiger partial charge >= 0.3 is 0 Å². The van der Waals surface area contributed by atoms with Crippen LogP contribution in [0, 0.1) is 0 Å². The summed E-state index contributed by atoms with van der Waals surface area (Å²) in [5.41, 5.74) is 7.13. The van der Waals surface area contributed by atoms with Crippen LogP contribution in [0.4, 0.5) is 0 Å². The van der Waals surface area contributed by atoms with Gasteiger partial charge in [-0.25, -0.2) is 0 Å². The third-order valence-electron chi connectivity index (χ3n) is 2.59. The lowest BCUT2D eigenvalue weighted by Gasteiger charge is -2.28. The fraction of sp³-hybridized carbons (Fsp3) is 0.727. The predicted molar refractivity (Wildman–Crippen MR) is 65.9 cm³/mol. The Balaban J connectivity index is 2.42. The molecule has 1 rings (SSSR count). The van der Waals surface area contributed by atoms with Crippen LogP contribution in [0.2, 0.25) is 0 Å². The predicted octanol–water partition coefficient (Wildman–Crippen LogP) is 1.25. The van der Waals surface area contributed by atoms with E-state index in [2.05, 4.69) is 13.0 Å². The summed E-state index contributed by atoms with van der Waals surface area (Å²) in [7, 11) is 0. The Bertz CT molecular complexity index is 253. The zero-order chi connectivity index (χ0) is 11.3. The molecule has 0 aromatic heterocycles. The highest BCUT2D eigenvalue weighted by molar-refractivity contribution is 7.98. The zero-order valence-corrected chi connectivity index (χ0v) is 10.3. The summed E-state index contributed by atoms with van der Waals surface area (Å²) in [6.45, 7) is 3.64. The van der Waals surface area contributed by atoms with E-state index < -0.39 is 0 Å². The van der Waals surface area contributed by atoms with Crippen molar-refractivity contribution in [2.45, 2.75) is 25.8 Å². The van der Waals surface area contributed by atoms with Gasteiger partial charge in [0.15, 0.2) is 0 Å². The second-order valence-corrected chi connectivity index (χ2v) is 4.97. The Morgan fingerprint density at radius 2 is 2.47 bits per heavy atom. The van der Waals surface area contributed by atoms with Gasteiger partial charge in [-0.2, -0.15) is 11.8 Å². The fourth-order valence-corrected chi connectivity index (χ4v) is 2.19. The Kier molecular flexibility index (Phi) is 5.19. The summed E-state index contributed by atoms with van der Waals surface area (Å²) >= 11 is 1.73.